The fourth-order valence-electron chi connectivity index (χ4n) is 2.53. The van der Waals surface area contributed by atoms with Gasteiger partial charge in [-0.25, -0.2) is 0 Å². The fourth-order valence-corrected chi connectivity index (χ4v) is 2.53. The molecule has 1 saturated heterocycles. The lowest BCUT2D eigenvalue weighted by molar-refractivity contribution is -0.137. The highest BCUT2D eigenvalue weighted by molar-refractivity contribution is 5.78. The molecule has 6 heteroatoms. The van der Waals surface area contributed by atoms with E-state index in [9.17, 15) is 18.0 Å². The minimum atomic E-state index is -4.29. The van der Waals surface area contributed by atoms with Crippen molar-refractivity contribution in [3.05, 3.63) is 35.4 Å². The maximum absolute atomic E-state index is 12.4. The lowest BCUT2D eigenvalue weighted by atomic mass is 10.1. The molecule has 21 heavy (non-hydrogen) atoms. The summed E-state index contributed by atoms with van der Waals surface area (Å²) in [6, 6.07) is 5.14. The molecule has 0 saturated carbocycles. The van der Waals surface area contributed by atoms with Gasteiger partial charge in [0.05, 0.1) is 5.56 Å². The molecule has 1 aromatic rings. The van der Waals surface area contributed by atoms with E-state index in [4.69, 9.17) is 0 Å². The second kappa shape index (κ2) is 6.47. The van der Waals surface area contributed by atoms with Crippen LogP contribution in [0.5, 0.6) is 0 Å². The molecule has 0 radical (unpaired) electrons. The predicted molar refractivity (Wildman–Crippen MR) is 73.5 cm³/mol. The second-order valence-electron chi connectivity index (χ2n) is 5.33. The van der Waals surface area contributed by atoms with Crippen molar-refractivity contribution in [2.75, 3.05) is 19.6 Å². The van der Waals surface area contributed by atoms with Gasteiger partial charge in [-0.1, -0.05) is 12.1 Å². The number of nitrogens with zero attached hydrogens (tertiary/aromatic N) is 1. The standard InChI is InChI=1S/C15H19F3N2O/c1-2-20-10-12(7-14(20)21)9-19-8-11-3-5-13(6-4-11)15(16,17)18/h3-6,12,19H,2,7-10H2,1H3. The predicted octanol–water partition coefficient (Wildman–Crippen LogP) is 2.66. The number of carbonyl (C=O) groups is 1. The smallest absolute Gasteiger partial charge is 0.343 e. The molecular weight excluding hydrogens is 281 g/mol. The number of halogens is 3. The molecular formula is C15H19F3N2O. The molecule has 1 atom stereocenters. The molecule has 116 valence electrons. The van der Waals surface area contributed by atoms with Gasteiger partial charge in [0, 0.05) is 32.6 Å². The molecule has 1 heterocycles. The van der Waals surface area contributed by atoms with Crippen LogP contribution in [-0.4, -0.2) is 30.4 Å². The maximum atomic E-state index is 12.4. The first-order valence-electron chi connectivity index (χ1n) is 7.04. The van der Waals surface area contributed by atoms with Gasteiger partial charge in [0.1, 0.15) is 0 Å². The molecule has 1 amide bonds. The van der Waals surface area contributed by atoms with Crippen molar-refractivity contribution in [1.82, 2.24) is 10.2 Å². The first-order chi connectivity index (χ1) is 9.90. The molecule has 0 spiro atoms. The Morgan fingerprint density at radius 2 is 1.95 bits per heavy atom. The Balaban J connectivity index is 1.78. The Morgan fingerprint density at radius 1 is 1.29 bits per heavy atom. The Labute approximate surface area is 122 Å². The van der Waals surface area contributed by atoms with Crippen LogP contribution in [0.2, 0.25) is 0 Å². The Morgan fingerprint density at radius 3 is 2.48 bits per heavy atom. The topological polar surface area (TPSA) is 32.3 Å². The average molecular weight is 300 g/mol. The van der Waals surface area contributed by atoms with Crippen molar-refractivity contribution in [1.29, 1.82) is 0 Å². The maximum Gasteiger partial charge on any atom is 0.416 e. The highest BCUT2D eigenvalue weighted by atomic mass is 19.4. The number of hydrogen-bond donors (Lipinski definition) is 1. The van der Waals surface area contributed by atoms with Crippen LogP contribution in [0, 0.1) is 5.92 Å². The summed E-state index contributed by atoms with van der Waals surface area (Å²) in [4.78, 5) is 13.4. The number of amides is 1. The molecule has 0 aliphatic carbocycles. The van der Waals surface area contributed by atoms with E-state index in [1.54, 1.807) is 0 Å². The van der Waals surface area contributed by atoms with Crippen molar-refractivity contribution in [3.8, 4) is 0 Å². The SMILES string of the molecule is CCN1CC(CNCc2ccc(C(F)(F)F)cc2)CC1=O. The molecule has 3 nitrogen and oxygen atoms in total. The van der Waals surface area contributed by atoms with Gasteiger partial charge in [-0.2, -0.15) is 13.2 Å². The van der Waals surface area contributed by atoms with Crippen molar-refractivity contribution >= 4 is 5.91 Å². The van der Waals surface area contributed by atoms with Crippen molar-refractivity contribution < 1.29 is 18.0 Å². The molecule has 1 N–H and O–H groups in total. The fraction of sp³-hybridized carbons (Fsp3) is 0.533. The highest BCUT2D eigenvalue weighted by Crippen LogP contribution is 2.29. The van der Waals surface area contributed by atoms with E-state index in [1.807, 2.05) is 11.8 Å². The molecule has 1 aromatic carbocycles. The van der Waals surface area contributed by atoms with Crippen LogP contribution < -0.4 is 5.32 Å². The van der Waals surface area contributed by atoms with Gasteiger partial charge in [-0.3, -0.25) is 4.79 Å². The minimum absolute atomic E-state index is 0.179. The van der Waals surface area contributed by atoms with E-state index in [-0.39, 0.29) is 11.8 Å². The third-order valence-electron chi connectivity index (χ3n) is 3.72. The van der Waals surface area contributed by atoms with Gasteiger partial charge in [0.15, 0.2) is 0 Å². The Bertz CT molecular complexity index is 485. The van der Waals surface area contributed by atoms with Gasteiger partial charge < -0.3 is 10.2 Å². The Hall–Kier alpha value is -1.56. The summed E-state index contributed by atoms with van der Waals surface area (Å²) in [6.45, 7) is 4.65. The van der Waals surface area contributed by atoms with E-state index in [2.05, 4.69) is 5.32 Å². The lowest BCUT2D eigenvalue weighted by Crippen LogP contribution is -2.27. The quantitative estimate of drug-likeness (QED) is 0.907. The highest BCUT2D eigenvalue weighted by Gasteiger charge is 2.30. The van der Waals surface area contributed by atoms with Gasteiger partial charge in [-0.15, -0.1) is 0 Å². The molecule has 2 rings (SSSR count). The number of nitrogens with one attached hydrogen (secondary N) is 1. The molecule has 0 aromatic heterocycles. The summed E-state index contributed by atoms with van der Waals surface area (Å²) in [5.74, 6) is 0.464. The first-order valence-corrected chi connectivity index (χ1v) is 7.04. The number of alkyl halides is 3. The van der Waals surface area contributed by atoms with Gasteiger partial charge >= 0.3 is 6.18 Å². The summed E-state index contributed by atoms with van der Waals surface area (Å²) < 4.78 is 37.3. The molecule has 1 fully saturated rings. The van der Waals surface area contributed by atoms with E-state index in [1.165, 1.54) is 12.1 Å². The average Bonchev–Trinajstić information content (AvgIpc) is 2.79. The van der Waals surface area contributed by atoms with Gasteiger partial charge in [-0.05, 0) is 30.5 Å². The third kappa shape index (κ3) is 4.20. The zero-order valence-electron chi connectivity index (χ0n) is 11.9. The zero-order valence-corrected chi connectivity index (χ0v) is 11.9. The zero-order chi connectivity index (χ0) is 15.5. The van der Waals surface area contributed by atoms with E-state index in [0.29, 0.717) is 19.5 Å². The van der Waals surface area contributed by atoms with E-state index in [0.717, 1.165) is 30.8 Å². The van der Waals surface area contributed by atoms with Crippen molar-refractivity contribution in [3.63, 3.8) is 0 Å². The minimum Gasteiger partial charge on any atom is -0.343 e. The molecule has 1 aliphatic rings. The first kappa shape index (κ1) is 15.8. The number of rotatable bonds is 5. The summed E-state index contributed by atoms with van der Waals surface area (Å²) in [5, 5.41) is 3.21. The van der Waals surface area contributed by atoms with E-state index < -0.39 is 11.7 Å². The molecule has 1 aliphatic heterocycles. The van der Waals surface area contributed by atoms with Crippen LogP contribution in [-0.2, 0) is 17.5 Å². The number of hydrogen-bond acceptors (Lipinski definition) is 2. The number of carbonyl (C=O) groups excluding carboxylic acids is 1. The number of benzene rings is 1. The number of likely N-dealkylation sites (tertiary alicyclic amines) is 1. The van der Waals surface area contributed by atoms with Crippen LogP contribution >= 0.6 is 0 Å². The van der Waals surface area contributed by atoms with Crippen molar-refractivity contribution in [2.24, 2.45) is 5.92 Å². The van der Waals surface area contributed by atoms with Crippen LogP contribution in [0.3, 0.4) is 0 Å². The largest absolute Gasteiger partial charge is 0.416 e. The normalized spacial score (nSPS) is 19.3. The summed E-state index contributed by atoms with van der Waals surface area (Å²) in [6.07, 6.45) is -3.74. The third-order valence-corrected chi connectivity index (χ3v) is 3.72. The molecule has 0 bridgehead atoms. The summed E-state index contributed by atoms with van der Waals surface area (Å²) in [7, 11) is 0. The Kier molecular flexibility index (Phi) is 4.88. The van der Waals surface area contributed by atoms with Crippen LogP contribution in [0.4, 0.5) is 13.2 Å². The lowest BCUT2D eigenvalue weighted by Gasteiger charge is -2.14. The van der Waals surface area contributed by atoms with Crippen LogP contribution in [0.1, 0.15) is 24.5 Å². The van der Waals surface area contributed by atoms with Gasteiger partial charge in [0.25, 0.3) is 0 Å². The second-order valence-corrected chi connectivity index (χ2v) is 5.33. The van der Waals surface area contributed by atoms with Crippen LogP contribution in [0.15, 0.2) is 24.3 Å². The van der Waals surface area contributed by atoms with Gasteiger partial charge in [0.2, 0.25) is 5.91 Å². The summed E-state index contributed by atoms with van der Waals surface area (Å²) in [5.41, 5.74) is 0.172. The van der Waals surface area contributed by atoms with E-state index >= 15 is 0 Å². The summed E-state index contributed by atoms with van der Waals surface area (Å²) >= 11 is 0. The van der Waals surface area contributed by atoms with Crippen molar-refractivity contribution in [2.45, 2.75) is 26.1 Å². The molecule has 1 unspecified atom stereocenters. The van der Waals surface area contributed by atoms with Crippen LogP contribution in [0.25, 0.3) is 0 Å². The monoisotopic (exact) mass is 300 g/mol.